The van der Waals surface area contributed by atoms with Crippen molar-refractivity contribution in [3.05, 3.63) is 34.9 Å². The van der Waals surface area contributed by atoms with E-state index in [1.165, 1.54) is 6.07 Å². The number of carbonyl (C=O) groups is 1. The zero-order valence-corrected chi connectivity index (χ0v) is 17.0. The predicted octanol–water partition coefficient (Wildman–Crippen LogP) is 2.89. The average molecular weight is 426 g/mol. The zero-order chi connectivity index (χ0) is 21.4. The van der Waals surface area contributed by atoms with Gasteiger partial charge in [0.15, 0.2) is 0 Å². The first-order chi connectivity index (χ1) is 14.3. The van der Waals surface area contributed by atoms with E-state index in [9.17, 15) is 23.1 Å². The molecule has 1 amide bonds. The molecular weight excluding hydrogens is 397 g/mol. The number of nitrogens with one attached hydrogen (secondary N) is 1. The van der Waals surface area contributed by atoms with Crippen molar-refractivity contribution in [2.75, 3.05) is 26.4 Å². The number of ether oxygens (including phenoxy) is 1. The number of aliphatic hydroxyl groups is 1. The number of fused-ring (bicyclic) bond motifs is 1. The quantitative estimate of drug-likeness (QED) is 0.777. The molecule has 1 aromatic carbocycles. The van der Waals surface area contributed by atoms with E-state index in [0.29, 0.717) is 37.4 Å². The second-order valence-corrected chi connectivity index (χ2v) is 8.89. The Balaban J connectivity index is 1.44. The molecule has 1 aliphatic carbocycles. The van der Waals surface area contributed by atoms with E-state index < -0.39 is 17.2 Å². The Bertz CT molecular complexity index is 779. The highest BCUT2D eigenvalue weighted by molar-refractivity contribution is 5.83. The lowest BCUT2D eigenvalue weighted by molar-refractivity contribution is -0.145. The largest absolute Gasteiger partial charge is 0.416 e. The predicted molar refractivity (Wildman–Crippen MR) is 105 cm³/mol. The Kier molecular flexibility index (Phi) is 6.10. The minimum Gasteiger partial charge on any atom is -0.395 e. The molecule has 166 valence electrons. The van der Waals surface area contributed by atoms with Gasteiger partial charge in [-0.3, -0.25) is 4.79 Å². The number of halogens is 3. The Hall–Kier alpha value is -1.64. The molecule has 0 radical (unpaired) electrons. The minimum absolute atomic E-state index is 0.135. The molecule has 2 N–H and O–H groups in total. The van der Waals surface area contributed by atoms with Crippen LogP contribution >= 0.6 is 0 Å². The van der Waals surface area contributed by atoms with Gasteiger partial charge in [0.05, 0.1) is 17.6 Å². The summed E-state index contributed by atoms with van der Waals surface area (Å²) in [5.41, 5.74) is -0.126. The molecule has 0 aromatic heterocycles. The summed E-state index contributed by atoms with van der Waals surface area (Å²) in [6, 6.07) is 4.32. The summed E-state index contributed by atoms with van der Waals surface area (Å²) < 4.78 is 44.6. The topological polar surface area (TPSA) is 61.8 Å². The Morgan fingerprint density at radius 3 is 2.67 bits per heavy atom. The molecule has 2 heterocycles. The van der Waals surface area contributed by atoms with Crippen LogP contribution < -0.4 is 5.32 Å². The third-order valence-electron chi connectivity index (χ3n) is 6.89. The average Bonchev–Trinajstić information content (AvgIpc) is 3.16. The molecule has 0 spiro atoms. The van der Waals surface area contributed by atoms with Crippen molar-refractivity contribution in [3.8, 4) is 0 Å². The summed E-state index contributed by atoms with van der Waals surface area (Å²) in [4.78, 5) is 15.0. The van der Waals surface area contributed by atoms with Gasteiger partial charge in [-0.25, -0.2) is 0 Å². The van der Waals surface area contributed by atoms with Gasteiger partial charge >= 0.3 is 6.18 Å². The first-order valence-electron chi connectivity index (χ1n) is 10.7. The van der Waals surface area contributed by atoms with Crippen LogP contribution in [0.2, 0.25) is 0 Å². The molecule has 1 aromatic rings. The molecule has 2 aliphatic heterocycles. The zero-order valence-electron chi connectivity index (χ0n) is 17.0. The van der Waals surface area contributed by atoms with Crippen LogP contribution in [0.1, 0.15) is 48.8 Å². The molecule has 1 saturated carbocycles. The van der Waals surface area contributed by atoms with Gasteiger partial charge < -0.3 is 20.1 Å². The van der Waals surface area contributed by atoms with E-state index in [-0.39, 0.29) is 25.1 Å². The van der Waals surface area contributed by atoms with Crippen molar-refractivity contribution < 1.29 is 27.8 Å². The third-order valence-corrected chi connectivity index (χ3v) is 6.89. The van der Waals surface area contributed by atoms with Crippen molar-refractivity contribution in [1.82, 2.24) is 10.2 Å². The van der Waals surface area contributed by atoms with Gasteiger partial charge in [0, 0.05) is 38.4 Å². The van der Waals surface area contributed by atoms with Crippen LogP contribution in [0.25, 0.3) is 0 Å². The number of alkyl halides is 3. The van der Waals surface area contributed by atoms with Crippen molar-refractivity contribution in [2.24, 2.45) is 5.41 Å². The summed E-state index contributed by atoms with van der Waals surface area (Å²) in [5, 5.41) is 13.8. The van der Waals surface area contributed by atoms with Crippen LogP contribution in [-0.2, 0) is 28.7 Å². The number of hydrogen-bond acceptors (Lipinski definition) is 4. The van der Waals surface area contributed by atoms with E-state index in [1.807, 2.05) is 0 Å². The first-order valence-corrected chi connectivity index (χ1v) is 10.7. The highest BCUT2D eigenvalue weighted by Gasteiger charge is 2.47. The van der Waals surface area contributed by atoms with Crippen molar-refractivity contribution in [2.45, 2.75) is 63.3 Å². The Morgan fingerprint density at radius 2 is 1.97 bits per heavy atom. The standard InChI is InChI=1S/C22H29F3N2O3/c23-22(24,25)17-2-1-15-4-8-27(13-16(15)11-17)20(29)21(14-28)7-3-19(12-21)26-18-5-9-30-10-6-18/h1-2,11,18-19,26,28H,3-10,12-14H2/t19-,21+/m1/s1. The molecule has 1 saturated heterocycles. The van der Waals surface area contributed by atoms with E-state index in [0.717, 1.165) is 50.2 Å². The van der Waals surface area contributed by atoms with E-state index in [1.54, 1.807) is 4.90 Å². The fraction of sp³-hybridized carbons (Fsp3) is 0.682. The SMILES string of the molecule is O=C(N1CCc2ccc(C(F)(F)F)cc2C1)[C@@]1(CO)CC[C@@H](NC2CCOCC2)C1. The van der Waals surface area contributed by atoms with Crippen LogP contribution in [0.15, 0.2) is 18.2 Å². The number of hydrogen-bond donors (Lipinski definition) is 2. The van der Waals surface area contributed by atoms with Crippen LogP contribution in [-0.4, -0.2) is 54.4 Å². The molecule has 30 heavy (non-hydrogen) atoms. The number of aliphatic hydroxyl groups excluding tert-OH is 1. The maximum Gasteiger partial charge on any atom is 0.416 e. The third kappa shape index (κ3) is 4.36. The van der Waals surface area contributed by atoms with Gasteiger partial charge in [0.2, 0.25) is 5.91 Å². The maximum atomic E-state index is 13.4. The Morgan fingerprint density at radius 1 is 1.20 bits per heavy atom. The van der Waals surface area contributed by atoms with Gasteiger partial charge in [-0.05, 0) is 61.8 Å². The van der Waals surface area contributed by atoms with Crippen molar-refractivity contribution in [3.63, 3.8) is 0 Å². The number of carbonyl (C=O) groups excluding carboxylic acids is 1. The van der Waals surface area contributed by atoms with Gasteiger partial charge in [0.1, 0.15) is 0 Å². The summed E-state index contributed by atoms with van der Waals surface area (Å²) in [7, 11) is 0. The van der Waals surface area contributed by atoms with Crippen molar-refractivity contribution in [1.29, 1.82) is 0 Å². The van der Waals surface area contributed by atoms with Crippen LogP contribution in [0.3, 0.4) is 0 Å². The molecule has 8 heteroatoms. The lowest BCUT2D eigenvalue weighted by Gasteiger charge is -2.36. The number of rotatable bonds is 4. The number of amides is 1. The molecule has 2 fully saturated rings. The van der Waals surface area contributed by atoms with Crippen LogP contribution in [0, 0.1) is 5.41 Å². The Labute approximate surface area is 174 Å². The molecule has 0 bridgehead atoms. The lowest BCUT2D eigenvalue weighted by atomic mass is 9.84. The highest BCUT2D eigenvalue weighted by atomic mass is 19.4. The van der Waals surface area contributed by atoms with E-state index in [4.69, 9.17) is 4.74 Å². The first kappa shape index (κ1) is 21.6. The fourth-order valence-corrected chi connectivity index (χ4v) is 5.11. The maximum absolute atomic E-state index is 13.4. The molecule has 3 aliphatic rings. The van der Waals surface area contributed by atoms with Gasteiger partial charge in [-0.1, -0.05) is 6.07 Å². The molecule has 4 rings (SSSR count). The molecule has 0 unspecified atom stereocenters. The summed E-state index contributed by atoms with van der Waals surface area (Å²) >= 11 is 0. The number of benzene rings is 1. The van der Waals surface area contributed by atoms with Crippen LogP contribution in [0.5, 0.6) is 0 Å². The van der Waals surface area contributed by atoms with Crippen LogP contribution in [0.4, 0.5) is 13.2 Å². The second kappa shape index (κ2) is 8.48. The van der Waals surface area contributed by atoms with Gasteiger partial charge in [0.25, 0.3) is 0 Å². The summed E-state index contributed by atoms with van der Waals surface area (Å²) in [6.07, 6.45) is -0.0121. The number of nitrogens with zero attached hydrogens (tertiary/aromatic N) is 1. The van der Waals surface area contributed by atoms with E-state index >= 15 is 0 Å². The minimum atomic E-state index is -4.40. The van der Waals surface area contributed by atoms with Crippen molar-refractivity contribution >= 4 is 5.91 Å². The highest BCUT2D eigenvalue weighted by Crippen LogP contribution is 2.41. The molecule has 2 atom stereocenters. The summed E-state index contributed by atoms with van der Waals surface area (Å²) in [6.45, 7) is 1.88. The van der Waals surface area contributed by atoms with Gasteiger partial charge in [-0.15, -0.1) is 0 Å². The smallest absolute Gasteiger partial charge is 0.395 e. The second-order valence-electron chi connectivity index (χ2n) is 8.89. The molecule has 5 nitrogen and oxygen atoms in total. The molecular formula is C22H29F3N2O3. The van der Waals surface area contributed by atoms with E-state index in [2.05, 4.69) is 5.32 Å². The van der Waals surface area contributed by atoms with Gasteiger partial charge in [-0.2, -0.15) is 13.2 Å². The fourth-order valence-electron chi connectivity index (χ4n) is 5.11. The monoisotopic (exact) mass is 426 g/mol. The summed E-state index contributed by atoms with van der Waals surface area (Å²) in [5.74, 6) is -0.135. The lowest BCUT2D eigenvalue weighted by Crippen LogP contribution is -2.48. The normalized spacial score (nSPS) is 27.9.